The van der Waals surface area contributed by atoms with E-state index >= 15 is 0 Å². The van der Waals surface area contributed by atoms with Crippen LogP contribution in [0.5, 0.6) is 0 Å². The Balaban J connectivity index is 1.98. The second-order valence-electron chi connectivity index (χ2n) is 5.50. The number of nitrogens with one attached hydrogen (secondary N) is 1. The molecular formula is C14H20FN3O. The summed E-state index contributed by atoms with van der Waals surface area (Å²) in [5.74, 6) is -0.341. The van der Waals surface area contributed by atoms with E-state index in [-0.39, 0.29) is 11.7 Å². The first kappa shape index (κ1) is 14.0. The van der Waals surface area contributed by atoms with Crippen molar-refractivity contribution >= 4 is 5.91 Å². The lowest BCUT2D eigenvalue weighted by Gasteiger charge is -2.13. The maximum Gasteiger partial charge on any atom is 0.240 e. The summed E-state index contributed by atoms with van der Waals surface area (Å²) in [5.41, 5.74) is 6.65. The highest BCUT2D eigenvalue weighted by atomic mass is 19.1. The maximum atomic E-state index is 13.6. The van der Waals surface area contributed by atoms with Gasteiger partial charge in [-0.2, -0.15) is 0 Å². The van der Waals surface area contributed by atoms with Gasteiger partial charge in [0.2, 0.25) is 5.91 Å². The molecule has 1 saturated carbocycles. The van der Waals surface area contributed by atoms with Crippen LogP contribution in [0, 0.1) is 5.82 Å². The third-order valence-corrected chi connectivity index (χ3v) is 3.29. The van der Waals surface area contributed by atoms with Crippen molar-refractivity contribution in [3.8, 4) is 0 Å². The summed E-state index contributed by atoms with van der Waals surface area (Å²) in [7, 11) is 3.78. The molecule has 1 amide bonds. The van der Waals surface area contributed by atoms with Crippen molar-refractivity contribution in [1.82, 2.24) is 10.2 Å². The van der Waals surface area contributed by atoms with Gasteiger partial charge in [-0.3, -0.25) is 4.79 Å². The number of nitrogens with zero attached hydrogens (tertiary/aromatic N) is 1. The van der Waals surface area contributed by atoms with Gasteiger partial charge in [0, 0.05) is 18.7 Å². The van der Waals surface area contributed by atoms with E-state index in [0.29, 0.717) is 18.7 Å². The van der Waals surface area contributed by atoms with Crippen LogP contribution in [0.1, 0.15) is 24.0 Å². The molecule has 0 aromatic heterocycles. The first-order valence-electron chi connectivity index (χ1n) is 6.40. The fourth-order valence-corrected chi connectivity index (χ4v) is 1.92. The van der Waals surface area contributed by atoms with E-state index in [4.69, 9.17) is 5.73 Å². The van der Waals surface area contributed by atoms with Crippen LogP contribution in [-0.4, -0.2) is 30.4 Å². The van der Waals surface area contributed by atoms with Gasteiger partial charge in [-0.05, 0) is 44.6 Å². The molecule has 1 aromatic rings. The number of halogens is 1. The molecule has 0 heterocycles. The number of rotatable bonds is 5. The molecule has 19 heavy (non-hydrogen) atoms. The summed E-state index contributed by atoms with van der Waals surface area (Å²) >= 11 is 0. The summed E-state index contributed by atoms with van der Waals surface area (Å²) < 4.78 is 13.6. The fourth-order valence-electron chi connectivity index (χ4n) is 1.92. The van der Waals surface area contributed by atoms with E-state index in [1.54, 1.807) is 12.1 Å². The zero-order chi connectivity index (χ0) is 14.0. The Hall–Kier alpha value is -1.46. The molecule has 0 spiro atoms. The Bertz CT molecular complexity index is 484. The predicted molar refractivity (Wildman–Crippen MR) is 71.8 cm³/mol. The number of hydrogen-bond donors (Lipinski definition) is 2. The molecule has 0 atom stereocenters. The topological polar surface area (TPSA) is 58.4 Å². The van der Waals surface area contributed by atoms with E-state index in [1.807, 2.05) is 19.0 Å². The SMILES string of the molecule is CN(C)Cc1cc(CNC(=O)C2(N)CC2)ccc1F. The first-order valence-corrected chi connectivity index (χ1v) is 6.40. The summed E-state index contributed by atoms with van der Waals surface area (Å²) in [5, 5.41) is 2.80. The largest absolute Gasteiger partial charge is 0.350 e. The van der Waals surface area contributed by atoms with Crippen LogP contribution in [0.2, 0.25) is 0 Å². The Morgan fingerprint density at radius 3 is 2.74 bits per heavy atom. The minimum Gasteiger partial charge on any atom is -0.350 e. The van der Waals surface area contributed by atoms with Crippen molar-refractivity contribution in [3.05, 3.63) is 35.1 Å². The molecule has 0 bridgehead atoms. The van der Waals surface area contributed by atoms with Crippen LogP contribution in [0.25, 0.3) is 0 Å². The third kappa shape index (κ3) is 3.52. The second-order valence-corrected chi connectivity index (χ2v) is 5.50. The molecule has 1 aliphatic rings. The van der Waals surface area contributed by atoms with Crippen LogP contribution < -0.4 is 11.1 Å². The number of hydrogen-bond acceptors (Lipinski definition) is 3. The van der Waals surface area contributed by atoms with Crippen molar-refractivity contribution in [2.45, 2.75) is 31.5 Å². The average molecular weight is 265 g/mol. The Morgan fingerprint density at radius 2 is 2.16 bits per heavy atom. The fraction of sp³-hybridized carbons (Fsp3) is 0.500. The second kappa shape index (κ2) is 5.27. The minimum atomic E-state index is -0.660. The van der Waals surface area contributed by atoms with Crippen LogP contribution in [0.15, 0.2) is 18.2 Å². The molecule has 2 rings (SSSR count). The molecule has 104 valence electrons. The van der Waals surface area contributed by atoms with Gasteiger partial charge in [0.1, 0.15) is 5.82 Å². The lowest BCUT2D eigenvalue weighted by Crippen LogP contribution is -2.42. The predicted octanol–water partition coefficient (Wildman–Crippen LogP) is 0.995. The normalized spacial score (nSPS) is 16.5. The van der Waals surface area contributed by atoms with E-state index < -0.39 is 5.54 Å². The highest BCUT2D eigenvalue weighted by molar-refractivity contribution is 5.88. The molecule has 0 radical (unpaired) electrons. The lowest BCUT2D eigenvalue weighted by molar-refractivity contribution is -0.123. The Labute approximate surface area is 112 Å². The smallest absolute Gasteiger partial charge is 0.240 e. The van der Waals surface area contributed by atoms with Crippen molar-refractivity contribution in [2.24, 2.45) is 5.73 Å². The van der Waals surface area contributed by atoms with Gasteiger partial charge in [0.05, 0.1) is 5.54 Å². The molecule has 3 N–H and O–H groups in total. The molecular weight excluding hydrogens is 245 g/mol. The molecule has 1 fully saturated rings. The number of benzene rings is 1. The zero-order valence-corrected chi connectivity index (χ0v) is 11.4. The molecule has 4 nitrogen and oxygen atoms in total. The highest BCUT2D eigenvalue weighted by Crippen LogP contribution is 2.32. The van der Waals surface area contributed by atoms with Crippen LogP contribution in [0.4, 0.5) is 4.39 Å². The first-order chi connectivity index (χ1) is 8.90. The minimum absolute atomic E-state index is 0.119. The van der Waals surface area contributed by atoms with Crippen molar-refractivity contribution < 1.29 is 9.18 Å². The molecule has 0 aliphatic heterocycles. The van der Waals surface area contributed by atoms with E-state index in [0.717, 1.165) is 18.4 Å². The van der Waals surface area contributed by atoms with Gasteiger partial charge in [0.15, 0.2) is 0 Å². The van der Waals surface area contributed by atoms with Crippen LogP contribution in [0.3, 0.4) is 0 Å². The van der Waals surface area contributed by atoms with Crippen molar-refractivity contribution in [1.29, 1.82) is 0 Å². The molecule has 0 saturated heterocycles. The van der Waals surface area contributed by atoms with Gasteiger partial charge in [0.25, 0.3) is 0 Å². The summed E-state index contributed by atoms with van der Waals surface area (Å²) in [4.78, 5) is 13.6. The van der Waals surface area contributed by atoms with Gasteiger partial charge >= 0.3 is 0 Å². The van der Waals surface area contributed by atoms with E-state index in [2.05, 4.69) is 5.32 Å². The summed E-state index contributed by atoms with van der Waals surface area (Å²) in [6.45, 7) is 0.924. The van der Waals surface area contributed by atoms with Crippen molar-refractivity contribution in [2.75, 3.05) is 14.1 Å². The quantitative estimate of drug-likeness (QED) is 0.835. The summed E-state index contributed by atoms with van der Waals surface area (Å²) in [6.07, 6.45) is 1.49. The zero-order valence-electron chi connectivity index (χ0n) is 11.4. The highest BCUT2D eigenvalue weighted by Gasteiger charge is 2.45. The van der Waals surface area contributed by atoms with Gasteiger partial charge in [-0.15, -0.1) is 0 Å². The lowest BCUT2D eigenvalue weighted by atomic mass is 10.1. The van der Waals surface area contributed by atoms with Crippen LogP contribution >= 0.6 is 0 Å². The van der Waals surface area contributed by atoms with Crippen LogP contribution in [-0.2, 0) is 17.9 Å². The molecule has 5 heteroatoms. The molecule has 1 aliphatic carbocycles. The van der Waals surface area contributed by atoms with E-state index in [9.17, 15) is 9.18 Å². The third-order valence-electron chi connectivity index (χ3n) is 3.29. The summed E-state index contributed by atoms with van der Waals surface area (Å²) in [6, 6.07) is 4.91. The van der Waals surface area contributed by atoms with Gasteiger partial charge in [-0.25, -0.2) is 4.39 Å². The number of nitrogens with two attached hydrogens (primary N) is 1. The standard InChI is InChI=1S/C14H20FN3O/c1-18(2)9-11-7-10(3-4-12(11)15)8-17-13(19)14(16)5-6-14/h3-4,7H,5-6,8-9,16H2,1-2H3,(H,17,19). The monoisotopic (exact) mass is 265 g/mol. The van der Waals surface area contributed by atoms with Gasteiger partial charge < -0.3 is 16.0 Å². The Morgan fingerprint density at radius 1 is 1.47 bits per heavy atom. The Kier molecular flexibility index (Phi) is 3.87. The molecule has 1 aromatic carbocycles. The van der Waals surface area contributed by atoms with Gasteiger partial charge in [-0.1, -0.05) is 6.07 Å². The maximum absolute atomic E-state index is 13.6. The average Bonchev–Trinajstić information content (AvgIpc) is 3.08. The number of amides is 1. The number of carbonyl (C=O) groups excluding carboxylic acids is 1. The molecule has 0 unspecified atom stereocenters. The van der Waals surface area contributed by atoms with Crippen molar-refractivity contribution in [3.63, 3.8) is 0 Å². The van der Waals surface area contributed by atoms with E-state index in [1.165, 1.54) is 6.07 Å². The number of carbonyl (C=O) groups is 1.